The van der Waals surface area contributed by atoms with Crippen molar-refractivity contribution in [2.24, 2.45) is 0 Å². The van der Waals surface area contributed by atoms with Gasteiger partial charge in [0.05, 0.1) is 17.1 Å². The van der Waals surface area contributed by atoms with E-state index in [1.54, 1.807) is 24.4 Å². The SMILES string of the molecule is Cc1nc2ccccn2c1-c1ccnc(NC(=O)c2ccc(Br)o2)n1. The molecule has 0 aliphatic heterocycles. The first-order valence-corrected chi connectivity index (χ1v) is 8.25. The Bertz CT molecular complexity index is 1090. The molecular weight excluding hydrogens is 386 g/mol. The normalized spacial score (nSPS) is 11.0. The lowest BCUT2D eigenvalue weighted by Gasteiger charge is -2.05. The molecule has 4 heterocycles. The van der Waals surface area contributed by atoms with Gasteiger partial charge in [-0.05, 0) is 53.2 Å². The Morgan fingerprint density at radius 3 is 2.88 bits per heavy atom. The molecule has 4 aromatic rings. The number of hydrogen-bond donors (Lipinski definition) is 1. The second-order valence-corrected chi connectivity index (χ2v) is 6.08. The van der Waals surface area contributed by atoms with Crippen LogP contribution in [0.5, 0.6) is 0 Å². The van der Waals surface area contributed by atoms with Crippen LogP contribution in [0.15, 0.2) is 57.9 Å². The Labute approximate surface area is 150 Å². The highest BCUT2D eigenvalue weighted by Gasteiger charge is 2.15. The first-order chi connectivity index (χ1) is 12.1. The van der Waals surface area contributed by atoms with Crippen LogP contribution in [-0.4, -0.2) is 25.3 Å². The van der Waals surface area contributed by atoms with Gasteiger partial charge in [0, 0.05) is 12.4 Å². The van der Waals surface area contributed by atoms with E-state index in [4.69, 9.17) is 4.42 Å². The van der Waals surface area contributed by atoms with Crippen LogP contribution in [0.4, 0.5) is 5.95 Å². The number of aromatic nitrogens is 4. The molecule has 4 rings (SSSR count). The average Bonchev–Trinajstić information content (AvgIpc) is 3.17. The second kappa shape index (κ2) is 6.14. The van der Waals surface area contributed by atoms with Gasteiger partial charge in [-0.1, -0.05) is 6.07 Å². The van der Waals surface area contributed by atoms with Crippen molar-refractivity contribution >= 4 is 33.4 Å². The molecule has 0 spiro atoms. The van der Waals surface area contributed by atoms with Crippen LogP contribution in [0.3, 0.4) is 0 Å². The Balaban J connectivity index is 1.69. The van der Waals surface area contributed by atoms with E-state index in [2.05, 4.69) is 36.2 Å². The summed E-state index contributed by atoms with van der Waals surface area (Å²) < 4.78 is 7.66. The smallest absolute Gasteiger partial charge is 0.293 e. The Morgan fingerprint density at radius 2 is 2.08 bits per heavy atom. The summed E-state index contributed by atoms with van der Waals surface area (Å²) in [5.41, 5.74) is 3.20. The molecular formula is C17H12BrN5O2. The van der Waals surface area contributed by atoms with Crippen molar-refractivity contribution < 1.29 is 9.21 Å². The minimum Gasteiger partial charge on any atom is -0.444 e. The highest BCUT2D eigenvalue weighted by Crippen LogP contribution is 2.23. The monoisotopic (exact) mass is 397 g/mol. The van der Waals surface area contributed by atoms with Crippen LogP contribution in [0, 0.1) is 6.92 Å². The number of anilines is 1. The summed E-state index contributed by atoms with van der Waals surface area (Å²) in [6.45, 7) is 1.92. The zero-order valence-electron chi connectivity index (χ0n) is 13.1. The molecule has 0 saturated heterocycles. The second-order valence-electron chi connectivity index (χ2n) is 5.30. The molecule has 124 valence electrons. The summed E-state index contributed by atoms with van der Waals surface area (Å²) in [6, 6.07) is 10.8. The van der Waals surface area contributed by atoms with Gasteiger partial charge in [0.25, 0.3) is 5.91 Å². The molecule has 7 nitrogen and oxygen atoms in total. The largest absolute Gasteiger partial charge is 0.444 e. The van der Waals surface area contributed by atoms with Crippen LogP contribution in [0.2, 0.25) is 0 Å². The number of aryl methyl sites for hydroxylation is 1. The van der Waals surface area contributed by atoms with Crippen molar-refractivity contribution in [1.29, 1.82) is 0 Å². The third kappa shape index (κ3) is 2.91. The highest BCUT2D eigenvalue weighted by atomic mass is 79.9. The molecule has 0 atom stereocenters. The topological polar surface area (TPSA) is 85.3 Å². The molecule has 25 heavy (non-hydrogen) atoms. The number of carbonyl (C=O) groups is 1. The van der Waals surface area contributed by atoms with Crippen LogP contribution in [-0.2, 0) is 0 Å². The van der Waals surface area contributed by atoms with Gasteiger partial charge in [0.2, 0.25) is 5.95 Å². The summed E-state index contributed by atoms with van der Waals surface area (Å²) in [7, 11) is 0. The number of rotatable bonds is 3. The van der Waals surface area contributed by atoms with Gasteiger partial charge >= 0.3 is 0 Å². The Kier molecular flexibility index (Phi) is 3.81. The van der Waals surface area contributed by atoms with E-state index in [1.807, 2.05) is 35.7 Å². The standard InChI is InChI=1S/C17H12BrN5O2/c1-10-15(23-9-3-2-4-14(23)20-10)11-7-8-19-17(21-11)22-16(24)12-5-6-13(18)25-12/h2-9H,1H3,(H,19,21,22,24). The number of imidazole rings is 1. The number of pyridine rings is 1. The van der Waals surface area contributed by atoms with Crippen molar-refractivity contribution in [3.8, 4) is 11.4 Å². The minimum atomic E-state index is -0.419. The highest BCUT2D eigenvalue weighted by molar-refractivity contribution is 9.10. The molecule has 0 fully saturated rings. The molecule has 0 aliphatic rings. The van der Waals surface area contributed by atoms with Crippen LogP contribution in [0.25, 0.3) is 17.0 Å². The van der Waals surface area contributed by atoms with Crippen molar-refractivity contribution in [3.05, 3.63) is 64.9 Å². The number of halogens is 1. The fourth-order valence-corrected chi connectivity index (χ4v) is 2.88. The number of furan rings is 1. The van der Waals surface area contributed by atoms with E-state index in [0.717, 1.165) is 17.0 Å². The summed E-state index contributed by atoms with van der Waals surface area (Å²) in [6.07, 6.45) is 3.52. The predicted molar refractivity (Wildman–Crippen MR) is 95.3 cm³/mol. The van der Waals surface area contributed by atoms with E-state index in [-0.39, 0.29) is 11.7 Å². The molecule has 0 aliphatic carbocycles. The molecule has 0 aromatic carbocycles. The molecule has 0 unspecified atom stereocenters. The van der Waals surface area contributed by atoms with Crippen molar-refractivity contribution in [3.63, 3.8) is 0 Å². The first kappa shape index (κ1) is 15.5. The Morgan fingerprint density at radius 1 is 1.20 bits per heavy atom. The third-order valence-electron chi connectivity index (χ3n) is 3.62. The average molecular weight is 398 g/mol. The number of nitrogens with one attached hydrogen (secondary N) is 1. The molecule has 1 amide bonds. The van der Waals surface area contributed by atoms with E-state index >= 15 is 0 Å². The molecule has 1 N–H and O–H groups in total. The summed E-state index contributed by atoms with van der Waals surface area (Å²) in [4.78, 5) is 25.3. The molecule has 0 bridgehead atoms. The van der Waals surface area contributed by atoms with Gasteiger partial charge in [-0.15, -0.1) is 0 Å². The van der Waals surface area contributed by atoms with E-state index < -0.39 is 5.91 Å². The fourth-order valence-electron chi connectivity index (χ4n) is 2.57. The van der Waals surface area contributed by atoms with Crippen molar-refractivity contribution in [1.82, 2.24) is 19.4 Å². The number of carbonyl (C=O) groups excluding carboxylic acids is 1. The van der Waals surface area contributed by atoms with Crippen LogP contribution in [0.1, 0.15) is 16.2 Å². The predicted octanol–water partition coefficient (Wildman–Crippen LogP) is 3.71. The fraction of sp³-hybridized carbons (Fsp3) is 0.0588. The number of amides is 1. The molecule has 0 radical (unpaired) electrons. The summed E-state index contributed by atoms with van der Waals surface area (Å²) >= 11 is 3.17. The Hall–Kier alpha value is -3.00. The van der Waals surface area contributed by atoms with Gasteiger partial charge in [-0.25, -0.2) is 15.0 Å². The van der Waals surface area contributed by atoms with Crippen LogP contribution < -0.4 is 5.32 Å². The molecule has 0 saturated carbocycles. The van der Waals surface area contributed by atoms with Crippen LogP contribution >= 0.6 is 15.9 Å². The van der Waals surface area contributed by atoms with E-state index in [0.29, 0.717) is 10.4 Å². The maximum Gasteiger partial charge on any atom is 0.293 e. The summed E-state index contributed by atoms with van der Waals surface area (Å²) in [5, 5.41) is 2.64. The van der Waals surface area contributed by atoms with E-state index in [1.165, 1.54) is 0 Å². The quantitative estimate of drug-likeness (QED) is 0.569. The van der Waals surface area contributed by atoms with Gasteiger partial charge in [-0.3, -0.25) is 14.5 Å². The van der Waals surface area contributed by atoms with Gasteiger partial charge in [0.1, 0.15) is 5.65 Å². The first-order valence-electron chi connectivity index (χ1n) is 7.45. The van der Waals surface area contributed by atoms with Crippen molar-refractivity contribution in [2.45, 2.75) is 6.92 Å². The zero-order valence-corrected chi connectivity index (χ0v) is 14.7. The van der Waals surface area contributed by atoms with Gasteiger partial charge < -0.3 is 4.42 Å². The molecule has 8 heteroatoms. The van der Waals surface area contributed by atoms with Gasteiger partial charge in [-0.2, -0.15) is 0 Å². The zero-order chi connectivity index (χ0) is 17.4. The molecule has 4 aromatic heterocycles. The van der Waals surface area contributed by atoms with Crippen molar-refractivity contribution in [2.75, 3.05) is 5.32 Å². The number of fused-ring (bicyclic) bond motifs is 1. The van der Waals surface area contributed by atoms with E-state index in [9.17, 15) is 4.79 Å². The summed E-state index contributed by atoms with van der Waals surface area (Å²) in [5.74, 6) is -0.0510. The number of hydrogen-bond acceptors (Lipinski definition) is 5. The lowest BCUT2D eigenvalue weighted by molar-refractivity contribution is 0.0994. The number of nitrogens with zero attached hydrogens (tertiary/aromatic N) is 4. The maximum atomic E-state index is 12.2. The lowest BCUT2D eigenvalue weighted by atomic mass is 10.2. The minimum absolute atomic E-state index is 0.173. The van der Waals surface area contributed by atoms with Gasteiger partial charge in [0.15, 0.2) is 10.4 Å². The lowest BCUT2D eigenvalue weighted by Crippen LogP contribution is -2.13. The third-order valence-corrected chi connectivity index (χ3v) is 4.05. The maximum absolute atomic E-state index is 12.2.